The van der Waals surface area contributed by atoms with Crippen LogP contribution in [0.15, 0.2) is 22.6 Å². The number of hydrogen-bond donors (Lipinski definition) is 1. The molecule has 0 spiro atoms. The molecule has 1 atom stereocenters. The van der Waals surface area contributed by atoms with Crippen molar-refractivity contribution in [3.8, 4) is 23.0 Å². The minimum atomic E-state index is -0.345. The van der Waals surface area contributed by atoms with E-state index in [0.29, 0.717) is 29.6 Å². The van der Waals surface area contributed by atoms with E-state index in [1.165, 1.54) is 6.42 Å². The molecule has 0 radical (unpaired) electrons. The fourth-order valence-corrected chi connectivity index (χ4v) is 3.29. The number of amides is 1. The van der Waals surface area contributed by atoms with Crippen molar-refractivity contribution in [3.63, 3.8) is 0 Å². The number of fused-ring (bicyclic) bond motifs is 1. The molecule has 2 aliphatic rings. The number of rotatable bonds is 5. The maximum Gasteiger partial charge on any atom is 0.308 e. The number of nitrogens with zero attached hydrogens (tertiary/aromatic N) is 3. The molecule has 1 amide bonds. The van der Waals surface area contributed by atoms with Crippen LogP contribution in [0.5, 0.6) is 11.5 Å². The molecule has 0 aliphatic carbocycles. The van der Waals surface area contributed by atoms with E-state index in [1.54, 1.807) is 18.2 Å². The van der Waals surface area contributed by atoms with Crippen LogP contribution in [0, 0.1) is 0 Å². The number of benzene rings is 1. The number of ether oxygens (including phenoxy) is 2. The SMILES string of the molecule is CCN1CCCC1CNC(=O)c1nnc(-c2ccc3c(c2)OCO3)o1. The Labute approximate surface area is 145 Å². The van der Waals surface area contributed by atoms with Gasteiger partial charge < -0.3 is 19.2 Å². The molecule has 1 saturated heterocycles. The highest BCUT2D eigenvalue weighted by Gasteiger charge is 2.25. The first kappa shape index (κ1) is 15.9. The Balaban J connectivity index is 1.41. The summed E-state index contributed by atoms with van der Waals surface area (Å²) in [7, 11) is 0. The van der Waals surface area contributed by atoms with Crippen LogP contribution in [-0.4, -0.2) is 53.5 Å². The molecule has 1 unspecified atom stereocenters. The molecule has 4 rings (SSSR count). The van der Waals surface area contributed by atoms with Gasteiger partial charge in [-0.2, -0.15) is 0 Å². The van der Waals surface area contributed by atoms with Crippen LogP contribution in [0.1, 0.15) is 30.5 Å². The molecule has 2 aromatic rings. The number of likely N-dealkylation sites (tertiary alicyclic amines) is 1. The lowest BCUT2D eigenvalue weighted by molar-refractivity contribution is 0.0907. The molecule has 0 bridgehead atoms. The van der Waals surface area contributed by atoms with E-state index in [2.05, 4.69) is 27.3 Å². The molecular weight excluding hydrogens is 324 g/mol. The van der Waals surface area contributed by atoms with E-state index >= 15 is 0 Å². The van der Waals surface area contributed by atoms with Crippen molar-refractivity contribution in [1.82, 2.24) is 20.4 Å². The van der Waals surface area contributed by atoms with E-state index < -0.39 is 0 Å². The predicted octanol–water partition coefficient (Wildman–Crippen LogP) is 1.68. The fourth-order valence-electron chi connectivity index (χ4n) is 3.29. The zero-order valence-corrected chi connectivity index (χ0v) is 14.0. The topological polar surface area (TPSA) is 89.7 Å². The average molecular weight is 344 g/mol. The second-order valence-corrected chi connectivity index (χ2v) is 6.12. The third-order valence-electron chi connectivity index (χ3n) is 4.64. The lowest BCUT2D eigenvalue weighted by Gasteiger charge is -2.22. The summed E-state index contributed by atoms with van der Waals surface area (Å²) < 4.78 is 16.1. The zero-order chi connectivity index (χ0) is 17.2. The summed E-state index contributed by atoms with van der Waals surface area (Å²) in [5.74, 6) is 1.21. The maximum atomic E-state index is 12.3. The molecule has 8 nitrogen and oxygen atoms in total. The summed E-state index contributed by atoms with van der Waals surface area (Å²) in [5, 5.41) is 10.7. The lowest BCUT2D eigenvalue weighted by atomic mass is 10.2. The summed E-state index contributed by atoms with van der Waals surface area (Å²) in [6.07, 6.45) is 2.27. The van der Waals surface area contributed by atoms with Crippen molar-refractivity contribution >= 4 is 5.91 Å². The van der Waals surface area contributed by atoms with Crippen molar-refractivity contribution in [2.45, 2.75) is 25.8 Å². The van der Waals surface area contributed by atoms with E-state index in [9.17, 15) is 4.79 Å². The zero-order valence-electron chi connectivity index (χ0n) is 14.0. The largest absolute Gasteiger partial charge is 0.454 e. The Hall–Kier alpha value is -2.61. The summed E-state index contributed by atoms with van der Waals surface area (Å²) in [6.45, 7) is 5.01. The molecule has 25 heavy (non-hydrogen) atoms. The highest BCUT2D eigenvalue weighted by Crippen LogP contribution is 2.35. The van der Waals surface area contributed by atoms with Gasteiger partial charge in [0.05, 0.1) is 0 Å². The van der Waals surface area contributed by atoms with Gasteiger partial charge in [-0.1, -0.05) is 6.92 Å². The van der Waals surface area contributed by atoms with Crippen LogP contribution in [0.4, 0.5) is 0 Å². The van der Waals surface area contributed by atoms with Crippen LogP contribution in [-0.2, 0) is 0 Å². The van der Waals surface area contributed by atoms with E-state index in [0.717, 1.165) is 19.5 Å². The minimum Gasteiger partial charge on any atom is -0.454 e. The monoisotopic (exact) mass is 344 g/mol. The van der Waals surface area contributed by atoms with Gasteiger partial charge in [0, 0.05) is 18.2 Å². The molecule has 1 aromatic heterocycles. The van der Waals surface area contributed by atoms with Crippen LogP contribution in [0.25, 0.3) is 11.5 Å². The van der Waals surface area contributed by atoms with Gasteiger partial charge in [0.15, 0.2) is 11.5 Å². The standard InChI is InChI=1S/C17H20N4O4/c1-2-21-7-3-4-12(21)9-18-15(22)17-20-19-16(25-17)11-5-6-13-14(8-11)24-10-23-13/h5-6,8,12H,2-4,7,9-10H2,1H3,(H,18,22). The molecule has 3 heterocycles. The van der Waals surface area contributed by atoms with Gasteiger partial charge in [0.1, 0.15) is 0 Å². The minimum absolute atomic E-state index is 0.0336. The van der Waals surface area contributed by atoms with Crippen molar-refractivity contribution in [1.29, 1.82) is 0 Å². The van der Waals surface area contributed by atoms with E-state index in [4.69, 9.17) is 13.9 Å². The Morgan fingerprint density at radius 2 is 2.20 bits per heavy atom. The van der Waals surface area contributed by atoms with Crippen molar-refractivity contribution in [3.05, 3.63) is 24.1 Å². The van der Waals surface area contributed by atoms with Crippen molar-refractivity contribution in [2.24, 2.45) is 0 Å². The number of carbonyl (C=O) groups excluding carboxylic acids is 1. The molecule has 1 N–H and O–H groups in total. The lowest BCUT2D eigenvalue weighted by Crippen LogP contribution is -2.40. The summed E-state index contributed by atoms with van der Waals surface area (Å²) in [5.41, 5.74) is 0.684. The summed E-state index contributed by atoms with van der Waals surface area (Å²) >= 11 is 0. The molecule has 132 valence electrons. The molecule has 0 saturated carbocycles. The predicted molar refractivity (Wildman–Crippen MR) is 88.5 cm³/mol. The maximum absolute atomic E-state index is 12.3. The molecular formula is C17H20N4O4. The summed E-state index contributed by atoms with van der Waals surface area (Å²) in [6, 6.07) is 5.71. The molecule has 2 aliphatic heterocycles. The third-order valence-corrected chi connectivity index (χ3v) is 4.64. The molecule has 8 heteroatoms. The van der Waals surface area contributed by atoms with Gasteiger partial charge in [0.2, 0.25) is 12.7 Å². The van der Waals surface area contributed by atoms with Gasteiger partial charge in [-0.15, -0.1) is 10.2 Å². The number of aromatic nitrogens is 2. The van der Waals surface area contributed by atoms with Gasteiger partial charge in [0.25, 0.3) is 0 Å². The summed E-state index contributed by atoms with van der Waals surface area (Å²) in [4.78, 5) is 14.6. The first-order valence-corrected chi connectivity index (χ1v) is 8.50. The Morgan fingerprint density at radius 3 is 3.08 bits per heavy atom. The normalized spacial score (nSPS) is 19.3. The number of hydrogen-bond acceptors (Lipinski definition) is 7. The van der Waals surface area contributed by atoms with Gasteiger partial charge in [-0.25, -0.2) is 0 Å². The van der Waals surface area contributed by atoms with Crippen LogP contribution in [0.2, 0.25) is 0 Å². The first-order chi connectivity index (χ1) is 12.2. The number of nitrogens with one attached hydrogen (secondary N) is 1. The van der Waals surface area contributed by atoms with Gasteiger partial charge in [-0.05, 0) is 44.1 Å². The molecule has 1 aromatic carbocycles. The van der Waals surface area contributed by atoms with Crippen LogP contribution < -0.4 is 14.8 Å². The van der Waals surface area contributed by atoms with Crippen molar-refractivity contribution in [2.75, 3.05) is 26.4 Å². The smallest absolute Gasteiger partial charge is 0.308 e. The van der Waals surface area contributed by atoms with Crippen LogP contribution in [0.3, 0.4) is 0 Å². The quantitative estimate of drug-likeness (QED) is 0.882. The Bertz CT molecular complexity index is 776. The van der Waals surface area contributed by atoms with E-state index in [-0.39, 0.29) is 24.5 Å². The van der Waals surface area contributed by atoms with Gasteiger partial charge >= 0.3 is 11.8 Å². The van der Waals surface area contributed by atoms with Gasteiger partial charge in [-0.3, -0.25) is 9.69 Å². The second kappa shape index (κ2) is 6.72. The number of carbonyl (C=O) groups is 1. The second-order valence-electron chi connectivity index (χ2n) is 6.12. The Kier molecular flexibility index (Phi) is 4.27. The Morgan fingerprint density at radius 1 is 1.32 bits per heavy atom. The van der Waals surface area contributed by atoms with Crippen molar-refractivity contribution < 1.29 is 18.7 Å². The average Bonchev–Trinajstić information content (AvgIpc) is 3.38. The third kappa shape index (κ3) is 3.17. The highest BCUT2D eigenvalue weighted by molar-refractivity contribution is 5.89. The fraction of sp³-hybridized carbons (Fsp3) is 0.471. The number of likely N-dealkylation sites (N-methyl/N-ethyl adjacent to an activating group) is 1. The molecule has 1 fully saturated rings. The first-order valence-electron chi connectivity index (χ1n) is 8.50. The van der Waals surface area contributed by atoms with Crippen LogP contribution >= 0.6 is 0 Å². The van der Waals surface area contributed by atoms with E-state index in [1.807, 2.05) is 0 Å². The highest BCUT2D eigenvalue weighted by atomic mass is 16.7.